The lowest BCUT2D eigenvalue weighted by molar-refractivity contribution is 0.0974. The van der Waals surface area contributed by atoms with E-state index in [1.54, 1.807) is 12.4 Å². The average Bonchev–Trinajstić information content (AvgIpc) is 3.15. The second kappa shape index (κ2) is 3.88. The quantitative estimate of drug-likeness (QED) is 0.808. The van der Waals surface area contributed by atoms with Crippen LogP contribution in [0.4, 0.5) is 0 Å². The first-order chi connectivity index (χ1) is 8.90. The van der Waals surface area contributed by atoms with Crippen LogP contribution in [0.25, 0.3) is 11.4 Å². The fourth-order valence-electron chi connectivity index (χ4n) is 2.90. The van der Waals surface area contributed by atoms with Crippen LogP contribution in [0.5, 0.6) is 0 Å². The van der Waals surface area contributed by atoms with Crippen LogP contribution in [-0.4, -0.2) is 27.3 Å². The highest BCUT2D eigenvalue weighted by atomic mass is 16.5. The normalized spacial score (nSPS) is 29.9. The predicted octanol–water partition coefficient (Wildman–Crippen LogP) is 2.17. The molecule has 2 aliphatic rings. The molecule has 3 unspecified atom stereocenters. The lowest BCUT2D eigenvalue weighted by Crippen LogP contribution is -2.14. The van der Waals surface area contributed by atoms with Crippen molar-refractivity contribution >= 4 is 0 Å². The van der Waals surface area contributed by atoms with Crippen molar-refractivity contribution in [3.63, 3.8) is 0 Å². The summed E-state index contributed by atoms with van der Waals surface area (Å²) in [4.78, 5) is 8.54. The number of fused-ring (bicyclic) bond motifs is 2. The van der Waals surface area contributed by atoms with Gasteiger partial charge in [-0.1, -0.05) is 5.16 Å². The van der Waals surface area contributed by atoms with Gasteiger partial charge in [0, 0.05) is 18.0 Å². The molecule has 5 nitrogen and oxygen atoms in total. The molecule has 2 fully saturated rings. The van der Waals surface area contributed by atoms with Gasteiger partial charge in [0.1, 0.15) is 0 Å². The van der Waals surface area contributed by atoms with Gasteiger partial charge in [-0.2, -0.15) is 4.98 Å². The number of rotatable bonds is 2. The molecule has 2 aromatic rings. The number of ether oxygens (including phenoxy) is 1. The van der Waals surface area contributed by atoms with Crippen LogP contribution in [0.15, 0.2) is 29.0 Å². The van der Waals surface area contributed by atoms with Gasteiger partial charge in [-0.3, -0.25) is 4.98 Å². The summed E-state index contributed by atoms with van der Waals surface area (Å²) in [7, 11) is 0. The molecule has 0 radical (unpaired) electrons. The maximum atomic E-state index is 5.81. The van der Waals surface area contributed by atoms with Crippen LogP contribution in [0.3, 0.4) is 0 Å². The van der Waals surface area contributed by atoms with Crippen molar-refractivity contribution in [2.45, 2.75) is 37.4 Å². The second-order valence-corrected chi connectivity index (χ2v) is 4.91. The molecule has 2 bridgehead atoms. The molecule has 5 heteroatoms. The van der Waals surface area contributed by atoms with E-state index in [2.05, 4.69) is 15.1 Å². The zero-order valence-corrected chi connectivity index (χ0v) is 9.82. The van der Waals surface area contributed by atoms with Gasteiger partial charge in [0.15, 0.2) is 0 Å². The van der Waals surface area contributed by atoms with Gasteiger partial charge in [-0.25, -0.2) is 0 Å². The summed E-state index contributed by atoms with van der Waals surface area (Å²) >= 11 is 0. The van der Waals surface area contributed by atoms with E-state index in [9.17, 15) is 0 Å². The van der Waals surface area contributed by atoms with Gasteiger partial charge in [0.05, 0.1) is 18.1 Å². The minimum atomic E-state index is 0.275. The Balaban J connectivity index is 1.63. The molecule has 2 aliphatic heterocycles. The van der Waals surface area contributed by atoms with Crippen molar-refractivity contribution in [3.05, 3.63) is 30.4 Å². The zero-order chi connectivity index (χ0) is 11.9. The molecule has 0 saturated carbocycles. The van der Waals surface area contributed by atoms with E-state index in [4.69, 9.17) is 9.26 Å². The van der Waals surface area contributed by atoms with Crippen LogP contribution in [0, 0.1) is 0 Å². The number of hydrogen-bond acceptors (Lipinski definition) is 5. The van der Waals surface area contributed by atoms with E-state index in [-0.39, 0.29) is 12.0 Å². The van der Waals surface area contributed by atoms with Gasteiger partial charge >= 0.3 is 0 Å². The Morgan fingerprint density at radius 3 is 3.00 bits per heavy atom. The third-order valence-corrected chi connectivity index (χ3v) is 3.78. The van der Waals surface area contributed by atoms with Crippen molar-refractivity contribution in [1.29, 1.82) is 0 Å². The highest BCUT2D eigenvalue weighted by Gasteiger charge is 2.44. The van der Waals surface area contributed by atoms with E-state index >= 15 is 0 Å². The third kappa shape index (κ3) is 1.54. The first kappa shape index (κ1) is 10.2. The maximum Gasteiger partial charge on any atom is 0.232 e. The molecule has 0 spiro atoms. The molecule has 3 atom stereocenters. The first-order valence-electron chi connectivity index (χ1n) is 6.29. The highest BCUT2D eigenvalue weighted by Crippen LogP contribution is 2.44. The summed E-state index contributed by atoms with van der Waals surface area (Å²) in [6, 6.07) is 3.80. The SMILES string of the molecule is c1cncc(-c2noc(C3CC4CCC3O4)n2)c1. The fourth-order valence-corrected chi connectivity index (χ4v) is 2.90. The van der Waals surface area contributed by atoms with Crippen LogP contribution in [0.2, 0.25) is 0 Å². The maximum absolute atomic E-state index is 5.81. The Hall–Kier alpha value is -1.75. The lowest BCUT2D eigenvalue weighted by atomic mass is 9.89. The van der Waals surface area contributed by atoms with Crippen molar-refractivity contribution in [3.8, 4) is 11.4 Å². The van der Waals surface area contributed by atoms with Crippen LogP contribution in [-0.2, 0) is 4.74 Å². The van der Waals surface area contributed by atoms with Crippen molar-refractivity contribution < 1.29 is 9.26 Å². The summed E-state index contributed by atoms with van der Waals surface area (Å²) in [6.45, 7) is 0. The molecule has 92 valence electrons. The molecule has 0 N–H and O–H groups in total. The van der Waals surface area contributed by atoms with Gasteiger partial charge in [0.25, 0.3) is 0 Å². The summed E-state index contributed by atoms with van der Waals surface area (Å²) < 4.78 is 11.2. The number of pyridine rings is 1. The van der Waals surface area contributed by atoms with Crippen LogP contribution >= 0.6 is 0 Å². The Kier molecular flexibility index (Phi) is 2.20. The lowest BCUT2D eigenvalue weighted by Gasteiger charge is -2.13. The topological polar surface area (TPSA) is 61.0 Å². The predicted molar refractivity (Wildman–Crippen MR) is 62.8 cm³/mol. The number of aromatic nitrogens is 3. The number of nitrogens with zero attached hydrogens (tertiary/aromatic N) is 3. The largest absolute Gasteiger partial charge is 0.374 e. The molecule has 18 heavy (non-hydrogen) atoms. The smallest absolute Gasteiger partial charge is 0.232 e. The molecular weight excluding hydrogens is 230 g/mol. The first-order valence-corrected chi connectivity index (χ1v) is 6.29. The average molecular weight is 243 g/mol. The standard InChI is InChI=1S/C13H13N3O2/c1-2-8(7-14-5-1)12-15-13(18-16-12)10-6-9-3-4-11(10)17-9/h1-2,5,7,9-11H,3-4,6H2. The fraction of sp³-hybridized carbons (Fsp3) is 0.462. The van der Waals surface area contributed by atoms with Crippen LogP contribution < -0.4 is 0 Å². The van der Waals surface area contributed by atoms with Crippen molar-refractivity contribution in [2.24, 2.45) is 0 Å². The summed E-state index contributed by atoms with van der Waals surface area (Å²) in [5.74, 6) is 1.60. The molecular formula is C13H13N3O2. The molecule has 0 aliphatic carbocycles. The zero-order valence-electron chi connectivity index (χ0n) is 9.82. The second-order valence-electron chi connectivity index (χ2n) is 4.91. The van der Waals surface area contributed by atoms with Gasteiger partial charge in [-0.15, -0.1) is 0 Å². The summed E-state index contributed by atoms with van der Waals surface area (Å²) in [6.07, 6.45) is 7.44. The molecule has 2 aromatic heterocycles. The minimum absolute atomic E-state index is 0.275. The van der Waals surface area contributed by atoms with Gasteiger partial charge in [-0.05, 0) is 31.4 Å². The van der Waals surface area contributed by atoms with E-state index in [1.165, 1.54) is 6.42 Å². The Labute approximate surface area is 104 Å². The van der Waals surface area contributed by atoms with Crippen molar-refractivity contribution in [1.82, 2.24) is 15.1 Å². The summed E-state index contributed by atoms with van der Waals surface area (Å²) in [5.41, 5.74) is 0.886. The Morgan fingerprint density at radius 1 is 1.28 bits per heavy atom. The molecule has 2 saturated heterocycles. The molecule has 0 aromatic carbocycles. The Morgan fingerprint density at radius 2 is 2.28 bits per heavy atom. The van der Waals surface area contributed by atoms with E-state index < -0.39 is 0 Å². The minimum Gasteiger partial charge on any atom is -0.374 e. The van der Waals surface area contributed by atoms with E-state index in [1.807, 2.05) is 12.1 Å². The van der Waals surface area contributed by atoms with E-state index in [0.29, 0.717) is 17.8 Å². The monoisotopic (exact) mass is 243 g/mol. The van der Waals surface area contributed by atoms with Crippen molar-refractivity contribution in [2.75, 3.05) is 0 Å². The molecule has 0 amide bonds. The molecule has 4 rings (SSSR count). The Bertz CT molecular complexity index is 554. The van der Waals surface area contributed by atoms with E-state index in [0.717, 1.165) is 18.4 Å². The van der Waals surface area contributed by atoms with Gasteiger partial charge < -0.3 is 9.26 Å². The summed E-state index contributed by atoms with van der Waals surface area (Å²) in [5, 5.41) is 4.03. The highest BCUT2D eigenvalue weighted by molar-refractivity contribution is 5.51. The third-order valence-electron chi connectivity index (χ3n) is 3.78. The molecule has 4 heterocycles. The van der Waals surface area contributed by atoms with Gasteiger partial charge in [0.2, 0.25) is 11.7 Å². The number of hydrogen-bond donors (Lipinski definition) is 0. The van der Waals surface area contributed by atoms with Crippen LogP contribution in [0.1, 0.15) is 31.1 Å².